The highest BCUT2D eigenvalue weighted by Crippen LogP contribution is 2.35. The van der Waals surface area contributed by atoms with Crippen molar-refractivity contribution in [1.82, 2.24) is 10.2 Å². The van der Waals surface area contributed by atoms with E-state index < -0.39 is 47.7 Å². The average Bonchev–Trinajstić information content (AvgIpc) is 3.20. The first-order valence-electron chi connectivity index (χ1n) is 12.9. The number of nitrogens with one attached hydrogen (secondary N) is 1. The molecular weight excluding hydrogens is 488 g/mol. The van der Waals surface area contributed by atoms with Gasteiger partial charge < -0.3 is 24.4 Å². The van der Waals surface area contributed by atoms with E-state index in [0.717, 1.165) is 5.56 Å². The maximum absolute atomic E-state index is 13.9. The van der Waals surface area contributed by atoms with Crippen molar-refractivity contribution in [3.05, 3.63) is 60.7 Å². The molecule has 1 aromatic carbocycles. The van der Waals surface area contributed by atoms with Gasteiger partial charge in [0.05, 0.1) is 12.6 Å². The SMILES string of the molecule is C=CC[C@@H](NC(=O)OCc1ccccc1)C(=O)N1[C@H](/C=C\C)[C@@H](CCOC(C)=O)C[C@H]1C(=O)OC(C)(C)C. The first-order valence-corrected chi connectivity index (χ1v) is 12.9. The van der Waals surface area contributed by atoms with E-state index >= 15 is 0 Å². The molecule has 0 unspecified atom stereocenters. The van der Waals surface area contributed by atoms with E-state index in [-0.39, 0.29) is 25.6 Å². The lowest BCUT2D eigenvalue weighted by Crippen LogP contribution is -2.54. The molecule has 1 aliphatic heterocycles. The summed E-state index contributed by atoms with van der Waals surface area (Å²) < 4.78 is 16.1. The monoisotopic (exact) mass is 528 g/mol. The zero-order valence-corrected chi connectivity index (χ0v) is 23.0. The Morgan fingerprint density at radius 2 is 1.84 bits per heavy atom. The summed E-state index contributed by atoms with van der Waals surface area (Å²) in [5, 5.41) is 2.64. The van der Waals surface area contributed by atoms with E-state index in [2.05, 4.69) is 11.9 Å². The number of allylic oxidation sites excluding steroid dienone is 1. The molecule has 208 valence electrons. The van der Waals surface area contributed by atoms with E-state index in [1.165, 1.54) is 17.9 Å². The highest BCUT2D eigenvalue weighted by Gasteiger charge is 2.48. The predicted octanol–water partition coefficient (Wildman–Crippen LogP) is 4.31. The van der Waals surface area contributed by atoms with Crippen LogP contribution in [-0.4, -0.2) is 59.2 Å². The zero-order chi connectivity index (χ0) is 28.3. The molecule has 0 aromatic heterocycles. The van der Waals surface area contributed by atoms with Crippen molar-refractivity contribution < 1.29 is 33.4 Å². The van der Waals surface area contributed by atoms with Gasteiger partial charge in [0.15, 0.2) is 0 Å². The van der Waals surface area contributed by atoms with Crippen LogP contribution in [0.4, 0.5) is 4.79 Å². The number of likely N-dealkylation sites (tertiary alicyclic amines) is 1. The predicted molar refractivity (Wildman–Crippen MR) is 143 cm³/mol. The fourth-order valence-electron chi connectivity index (χ4n) is 4.42. The largest absolute Gasteiger partial charge is 0.466 e. The van der Waals surface area contributed by atoms with Crippen LogP contribution in [0.1, 0.15) is 59.4 Å². The Morgan fingerprint density at radius 3 is 2.42 bits per heavy atom. The second-order valence-electron chi connectivity index (χ2n) is 10.2. The topological polar surface area (TPSA) is 111 Å². The fraction of sp³-hybridized carbons (Fsp3) is 0.517. The number of carbonyl (C=O) groups excluding carboxylic acids is 4. The van der Waals surface area contributed by atoms with Crippen molar-refractivity contribution in [1.29, 1.82) is 0 Å². The molecule has 0 bridgehead atoms. The third-order valence-electron chi connectivity index (χ3n) is 5.99. The molecule has 9 nitrogen and oxygen atoms in total. The van der Waals surface area contributed by atoms with Crippen LogP contribution >= 0.6 is 0 Å². The van der Waals surface area contributed by atoms with Gasteiger partial charge in [-0.15, -0.1) is 6.58 Å². The lowest BCUT2D eigenvalue weighted by molar-refractivity contribution is -0.164. The highest BCUT2D eigenvalue weighted by atomic mass is 16.6. The van der Waals surface area contributed by atoms with E-state index in [1.807, 2.05) is 49.4 Å². The summed E-state index contributed by atoms with van der Waals surface area (Å²) in [6.07, 6.45) is 5.35. The summed E-state index contributed by atoms with van der Waals surface area (Å²) in [6.45, 7) is 12.4. The number of ether oxygens (including phenoxy) is 3. The standard InChI is InChI=1S/C29H40N2O7/c1-7-12-23(30-28(35)37-19-21-14-10-9-11-15-21)26(33)31-24(13-8-2)22(16-17-36-20(3)32)18-25(31)27(34)38-29(4,5)6/h7-11,13-15,22-25H,1,12,16-19H2,2-6H3,(H,30,35)/b13-8-/t22-,23+,24+,25-/m0/s1. The number of esters is 2. The molecular formula is C29H40N2O7. The molecule has 1 aromatic rings. The molecule has 2 rings (SSSR count). The molecule has 2 amide bonds. The van der Waals surface area contributed by atoms with Crippen LogP contribution in [-0.2, 0) is 35.2 Å². The van der Waals surface area contributed by atoms with Crippen LogP contribution in [0.25, 0.3) is 0 Å². The molecule has 4 atom stereocenters. The third-order valence-corrected chi connectivity index (χ3v) is 5.99. The van der Waals surface area contributed by atoms with Gasteiger partial charge in [-0.05, 0) is 58.4 Å². The highest BCUT2D eigenvalue weighted by molar-refractivity contribution is 5.91. The lowest BCUT2D eigenvalue weighted by atomic mass is 9.95. The van der Waals surface area contributed by atoms with E-state index in [4.69, 9.17) is 14.2 Å². The molecule has 0 saturated carbocycles. The second-order valence-corrected chi connectivity index (χ2v) is 10.2. The molecule has 1 N–H and O–H groups in total. The van der Waals surface area contributed by atoms with Crippen LogP contribution in [0.2, 0.25) is 0 Å². The van der Waals surface area contributed by atoms with Crippen LogP contribution in [0.3, 0.4) is 0 Å². The number of nitrogens with zero attached hydrogens (tertiary/aromatic N) is 1. The van der Waals surface area contributed by atoms with Crippen molar-refractivity contribution >= 4 is 23.9 Å². The number of amides is 2. The molecule has 0 radical (unpaired) electrons. The minimum atomic E-state index is -0.999. The Kier molecular flexibility index (Phi) is 11.6. The van der Waals surface area contributed by atoms with Gasteiger partial charge in [-0.1, -0.05) is 48.6 Å². The fourth-order valence-corrected chi connectivity index (χ4v) is 4.42. The van der Waals surface area contributed by atoms with Crippen molar-refractivity contribution in [3.8, 4) is 0 Å². The Balaban J connectivity index is 2.29. The molecule has 1 saturated heterocycles. The molecule has 0 aliphatic carbocycles. The van der Waals surface area contributed by atoms with Crippen molar-refractivity contribution in [2.75, 3.05) is 6.61 Å². The lowest BCUT2D eigenvalue weighted by Gasteiger charge is -2.33. The Morgan fingerprint density at radius 1 is 1.16 bits per heavy atom. The van der Waals surface area contributed by atoms with Gasteiger partial charge in [0.1, 0.15) is 24.3 Å². The number of carbonyl (C=O) groups is 4. The minimum absolute atomic E-state index is 0.0470. The summed E-state index contributed by atoms with van der Waals surface area (Å²) in [7, 11) is 0. The molecule has 1 heterocycles. The molecule has 1 fully saturated rings. The summed E-state index contributed by atoms with van der Waals surface area (Å²) >= 11 is 0. The van der Waals surface area contributed by atoms with Gasteiger partial charge >= 0.3 is 18.0 Å². The molecule has 9 heteroatoms. The van der Waals surface area contributed by atoms with Crippen LogP contribution in [0, 0.1) is 5.92 Å². The van der Waals surface area contributed by atoms with Gasteiger partial charge in [0.25, 0.3) is 0 Å². The quantitative estimate of drug-likeness (QED) is 0.259. The summed E-state index contributed by atoms with van der Waals surface area (Å²) in [6, 6.07) is 6.85. The van der Waals surface area contributed by atoms with E-state index in [0.29, 0.717) is 12.8 Å². The van der Waals surface area contributed by atoms with Gasteiger partial charge in [0.2, 0.25) is 5.91 Å². The molecule has 38 heavy (non-hydrogen) atoms. The van der Waals surface area contributed by atoms with Gasteiger partial charge in [-0.25, -0.2) is 9.59 Å². The second kappa shape index (κ2) is 14.4. The van der Waals surface area contributed by atoms with Gasteiger partial charge in [-0.3, -0.25) is 9.59 Å². The first kappa shape index (κ1) is 30.6. The third kappa shape index (κ3) is 9.36. The van der Waals surface area contributed by atoms with Gasteiger partial charge in [-0.2, -0.15) is 0 Å². The maximum Gasteiger partial charge on any atom is 0.408 e. The normalized spacial score (nSPS) is 20.0. The smallest absolute Gasteiger partial charge is 0.408 e. The number of alkyl carbamates (subject to hydrolysis) is 1. The number of rotatable bonds is 11. The van der Waals surface area contributed by atoms with E-state index in [1.54, 1.807) is 20.8 Å². The first-order chi connectivity index (χ1) is 18.0. The van der Waals surface area contributed by atoms with Crippen molar-refractivity contribution in [2.24, 2.45) is 5.92 Å². The minimum Gasteiger partial charge on any atom is -0.466 e. The van der Waals surface area contributed by atoms with Gasteiger partial charge in [0, 0.05) is 6.92 Å². The van der Waals surface area contributed by atoms with E-state index in [9.17, 15) is 19.2 Å². The summed E-state index contributed by atoms with van der Waals surface area (Å²) in [5.74, 6) is -1.54. The van der Waals surface area contributed by atoms with Crippen molar-refractivity contribution in [2.45, 2.75) is 84.2 Å². The summed E-state index contributed by atoms with van der Waals surface area (Å²) in [5.41, 5.74) is 0.0557. The number of hydrogen-bond donors (Lipinski definition) is 1. The van der Waals surface area contributed by atoms with Crippen LogP contribution in [0.15, 0.2) is 55.1 Å². The number of benzene rings is 1. The molecule has 0 spiro atoms. The maximum atomic E-state index is 13.9. The van der Waals surface area contributed by atoms with Crippen molar-refractivity contribution in [3.63, 3.8) is 0 Å². The van der Waals surface area contributed by atoms with Crippen LogP contribution < -0.4 is 5.32 Å². The Bertz CT molecular complexity index is 1000. The number of hydrogen-bond acceptors (Lipinski definition) is 7. The Labute approximate surface area is 225 Å². The van der Waals surface area contributed by atoms with Crippen LogP contribution in [0.5, 0.6) is 0 Å². The Hall–Kier alpha value is -3.62. The average molecular weight is 529 g/mol. The summed E-state index contributed by atoms with van der Waals surface area (Å²) in [4.78, 5) is 52.6. The zero-order valence-electron chi connectivity index (χ0n) is 23.0. The molecule has 1 aliphatic rings.